The summed E-state index contributed by atoms with van der Waals surface area (Å²) >= 11 is 6.13. The number of nitrogens with zero attached hydrogens (tertiary/aromatic N) is 3. The van der Waals surface area contributed by atoms with Gasteiger partial charge < -0.3 is 14.8 Å². The first kappa shape index (κ1) is 14.6. The number of aromatic nitrogens is 3. The van der Waals surface area contributed by atoms with Crippen LogP contribution in [0.2, 0.25) is 5.02 Å². The molecule has 0 fully saturated rings. The van der Waals surface area contributed by atoms with Gasteiger partial charge >= 0.3 is 0 Å². The Labute approximate surface area is 132 Å². The molecule has 1 aliphatic heterocycles. The summed E-state index contributed by atoms with van der Waals surface area (Å²) in [6, 6.07) is 3.36. The van der Waals surface area contributed by atoms with Crippen molar-refractivity contribution in [3.63, 3.8) is 0 Å². The molecule has 0 bridgehead atoms. The van der Waals surface area contributed by atoms with E-state index < -0.39 is 0 Å². The predicted octanol–water partition coefficient (Wildman–Crippen LogP) is 1.81. The molecule has 7 nitrogen and oxygen atoms in total. The quantitative estimate of drug-likeness (QED) is 0.928. The van der Waals surface area contributed by atoms with Crippen molar-refractivity contribution in [3.05, 3.63) is 29.0 Å². The van der Waals surface area contributed by atoms with Gasteiger partial charge in [0.2, 0.25) is 5.91 Å². The highest BCUT2D eigenvalue weighted by Gasteiger charge is 2.17. The Morgan fingerprint density at radius 3 is 3.00 bits per heavy atom. The number of anilines is 1. The van der Waals surface area contributed by atoms with Crippen molar-refractivity contribution in [1.29, 1.82) is 0 Å². The lowest BCUT2D eigenvalue weighted by molar-refractivity contribution is -0.116. The first-order valence-electron chi connectivity index (χ1n) is 6.86. The summed E-state index contributed by atoms with van der Waals surface area (Å²) in [6.07, 6.45) is 2.48. The maximum atomic E-state index is 12.0. The molecular weight excluding hydrogens is 308 g/mol. The lowest BCUT2D eigenvalue weighted by Gasteiger charge is -2.20. The number of nitrogens with one attached hydrogen (secondary N) is 1. The van der Waals surface area contributed by atoms with Crippen molar-refractivity contribution < 1.29 is 14.3 Å². The van der Waals surface area contributed by atoms with Crippen LogP contribution >= 0.6 is 11.6 Å². The van der Waals surface area contributed by atoms with Crippen molar-refractivity contribution in [2.45, 2.75) is 12.8 Å². The molecule has 8 heteroatoms. The topological polar surface area (TPSA) is 78.3 Å². The molecule has 2 aromatic rings. The van der Waals surface area contributed by atoms with Gasteiger partial charge in [0.1, 0.15) is 13.2 Å². The smallest absolute Gasteiger partial charge is 0.224 e. The zero-order valence-corrected chi connectivity index (χ0v) is 12.8. The van der Waals surface area contributed by atoms with E-state index in [-0.39, 0.29) is 5.91 Å². The van der Waals surface area contributed by atoms with E-state index in [2.05, 4.69) is 15.5 Å². The summed E-state index contributed by atoms with van der Waals surface area (Å²) in [5.41, 5.74) is 1.36. The van der Waals surface area contributed by atoms with E-state index in [0.29, 0.717) is 48.3 Å². The number of fused-ring (bicyclic) bond motifs is 1. The van der Waals surface area contributed by atoms with Crippen molar-refractivity contribution in [1.82, 2.24) is 15.0 Å². The molecule has 0 atom stereocenters. The van der Waals surface area contributed by atoms with Gasteiger partial charge in [0.15, 0.2) is 11.5 Å². The fourth-order valence-electron chi connectivity index (χ4n) is 2.15. The number of carbonyl (C=O) groups is 1. The number of ether oxygens (including phenoxy) is 2. The molecule has 3 rings (SSSR count). The average molecular weight is 323 g/mol. The van der Waals surface area contributed by atoms with Gasteiger partial charge in [-0.3, -0.25) is 4.79 Å². The highest BCUT2D eigenvalue weighted by Crippen LogP contribution is 2.39. The van der Waals surface area contributed by atoms with Crippen LogP contribution < -0.4 is 14.8 Å². The van der Waals surface area contributed by atoms with Crippen LogP contribution in [0.5, 0.6) is 11.5 Å². The second-order valence-electron chi connectivity index (χ2n) is 4.86. The number of rotatable bonds is 4. The molecule has 1 aliphatic rings. The zero-order valence-electron chi connectivity index (χ0n) is 12.0. The first-order valence-corrected chi connectivity index (χ1v) is 7.24. The molecule has 0 aliphatic carbocycles. The maximum absolute atomic E-state index is 12.0. The van der Waals surface area contributed by atoms with Crippen molar-refractivity contribution in [2.24, 2.45) is 7.05 Å². The number of aryl methyl sites for hydroxylation is 2. The summed E-state index contributed by atoms with van der Waals surface area (Å²) in [5.74, 6) is 0.937. The predicted molar refractivity (Wildman–Crippen MR) is 80.4 cm³/mol. The van der Waals surface area contributed by atoms with Crippen molar-refractivity contribution in [3.8, 4) is 11.5 Å². The SMILES string of the molecule is Cn1ncc(CCC(=O)Nc2cc(Cl)c3c(c2)OCCO3)n1. The van der Waals surface area contributed by atoms with Crippen LogP contribution in [0.25, 0.3) is 0 Å². The third kappa shape index (κ3) is 3.30. The highest BCUT2D eigenvalue weighted by atomic mass is 35.5. The van der Waals surface area contributed by atoms with Crippen LogP contribution in [-0.2, 0) is 18.3 Å². The zero-order chi connectivity index (χ0) is 15.5. The molecular formula is C14H15ClN4O3. The molecule has 1 amide bonds. The van der Waals surface area contributed by atoms with Crippen LogP contribution in [0, 0.1) is 0 Å². The number of hydrogen-bond donors (Lipinski definition) is 1. The van der Waals surface area contributed by atoms with Gasteiger partial charge in [0, 0.05) is 31.6 Å². The molecule has 0 spiro atoms. The lowest BCUT2D eigenvalue weighted by atomic mass is 10.2. The Morgan fingerprint density at radius 1 is 1.41 bits per heavy atom. The molecule has 0 radical (unpaired) electrons. The minimum Gasteiger partial charge on any atom is -0.486 e. The van der Waals surface area contributed by atoms with Crippen molar-refractivity contribution in [2.75, 3.05) is 18.5 Å². The van der Waals surface area contributed by atoms with Gasteiger partial charge in [0.05, 0.1) is 16.9 Å². The Morgan fingerprint density at radius 2 is 2.23 bits per heavy atom. The van der Waals surface area contributed by atoms with Crippen LogP contribution in [0.1, 0.15) is 12.1 Å². The Bertz CT molecular complexity index is 701. The van der Waals surface area contributed by atoms with E-state index in [0.717, 1.165) is 5.69 Å². The molecule has 22 heavy (non-hydrogen) atoms. The van der Waals surface area contributed by atoms with Gasteiger partial charge in [-0.25, -0.2) is 0 Å². The second kappa shape index (κ2) is 6.23. The van der Waals surface area contributed by atoms with Crippen LogP contribution in [-0.4, -0.2) is 34.1 Å². The summed E-state index contributed by atoms with van der Waals surface area (Å²) in [7, 11) is 1.74. The van der Waals surface area contributed by atoms with E-state index in [1.165, 1.54) is 4.80 Å². The molecule has 0 unspecified atom stereocenters. The average Bonchev–Trinajstić information content (AvgIpc) is 2.91. The Kier molecular flexibility index (Phi) is 4.15. The van der Waals surface area contributed by atoms with E-state index in [4.69, 9.17) is 21.1 Å². The highest BCUT2D eigenvalue weighted by molar-refractivity contribution is 6.32. The third-order valence-corrected chi connectivity index (χ3v) is 3.42. The van der Waals surface area contributed by atoms with Crippen LogP contribution in [0.15, 0.2) is 18.3 Å². The van der Waals surface area contributed by atoms with Gasteiger partial charge in [0.25, 0.3) is 0 Å². The maximum Gasteiger partial charge on any atom is 0.224 e. The molecule has 1 aromatic heterocycles. The second-order valence-corrected chi connectivity index (χ2v) is 5.26. The molecule has 2 heterocycles. The molecule has 0 saturated carbocycles. The summed E-state index contributed by atoms with van der Waals surface area (Å²) in [5, 5.41) is 11.3. The van der Waals surface area contributed by atoms with E-state index in [1.54, 1.807) is 25.4 Å². The molecule has 1 N–H and O–H groups in total. The number of carbonyl (C=O) groups excluding carboxylic acids is 1. The van der Waals surface area contributed by atoms with Gasteiger partial charge in [-0.15, -0.1) is 0 Å². The largest absolute Gasteiger partial charge is 0.486 e. The van der Waals surface area contributed by atoms with Gasteiger partial charge in [-0.05, 0) is 6.07 Å². The van der Waals surface area contributed by atoms with Gasteiger partial charge in [-0.1, -0.05) is 11.6 Å². The number of benzene rings is 1. The summed E-state index contributed by atoms with van der Waals surface area (Å²) < 4.78 is 10.9. The molecule has 0 saturated heterocycles. The van der Waals surface area contributed by atoms with Gasteiger partial charge in [-0.2, -0.15) is 15.0 Å². The monoisotopic (exact) mass is 322 g/mol. The Hall–Kier alpha value is -2.28. The summed E-state index contributed by atoms with van der Waals surface area (Å²) in [6.45, 7) is 0.934. The van der Waals surface area contributed by atoms with Crippen LogP contribution in [0.3, 0.4) is 0 Å². The van der Waals surface area contributed by atoms with E-state index >= 15 is 0 Å². The molecule has 1 aromatic carbocycles. The number of halogens is 1. The minimum absolute atomic E-state index is 0.126. The molecule has 116 valence electrons. The van der Waals surface area contributed by atoms with E-state index in [1.807, 2.05) is 0 Å². The third-order valence-electron chi connectivity index (χ3n) is 3.14. The number of amides is 1. The minimum atomic E-state index is -0.126. The normalized spacial score (nSPS) is 13.0. The lowest BCUT2D eigenvalue weighted by Crippen LogP contribution is -2.17. The standard InChI is InChI=1S/C14H15ClN4O3/c1-19-16-8-9(18-19)2-3-13(20)17-10-6-11(15)14-12(7-10)21-4-5-22-14/h6-8H,2-5H2,1H3,(H,17,20). The van der Waals surface area contributed by atoms with Crippen LogP contribution in [0.4, 0.5) is 5.69 Å². The van der Waals surface area contributed by atoms with Crippen molar-refractivity contribution >= 4 is 23.2 Å². The summed E-state index contributed by atoms with van der Waals surface area (Å²) in [4.78, 5) is 13.5. The first-order chi connectivity index (χ1) is 10.6. The fourth-order valence-corrected chi connectivity index (χ4v) is 2.42. The van der Waals surface area contributed by atoms with E-state index in [9.17, 15) is 4.79 Å². The Balaban J connectivity index is 1.62. The number of hydrogen-bond acceptors (Lipinski definition) is 5. The fraction of sp³-hybridized carbons (Fsp3) is 0.357.